The molecule has 1 saturated carbocycles. The molecule has 2 bridgehead atoms. The lowest BCUT2D eigenvalue weighted by atomic mass is 9.81. The van der Waals surface area contributed by atoms with Crippen molar-refractivity contribution in [1.82, 2.24) is 4.90 Å². The highest BCUT2D eigenvalue weighted by molar-refractivity contribution is 5.14. The smallest absolute Gasteiger partial charge is 0.193 e. The van der Waals surface area contributed by atoms with E-state index in [4.69, 9.17) is 4.74 Å². The van der Waals surface area contributed by atoms with Crippen LogP contribution in [0, 0.1) is 5.21 Å². The molecule has 6 heteroatoms. The lowest BCUT2D eigenvalue weighted by Gasteiger charge is -2.59. The maximum Gasteiger partial charge on any atom is 0.193 e. The number of fused-ring (bicyclic) bond motifs is 2. The van der Waals surface area contributed by atoms with E-state index in [-0.39, 0.29) is 18.4 Å². The van der Waals surface area contributed by atoms with Crippen LogP contribution in [0.15, 0.2) is 12.3 Å². The summed E-state index contributed by atoms with van der Waals surface area (Å²) in [4.78, 5) is 1.96. The molecule has 0 aromatic carbocycles. The van der Waals surface area contributed by atoms with E-state index in [0.717, 1.165) is 25.7 Å². The van der Waals surface area contributed by atoms with Gasteiger partial charge < -0.3 is 20.0 Å². The molecule has 3 atom stereocenters. The molecule has 0 radical (unpaired) electrons. The van der Waals surface area contributed by atoms with Crippen LogP contribution in [-0.2, 0) is 4.74 Å². The summed E-state index contributed by atoms with van der Waals surface area (Å²) in [7, 11) is 0. The monoisotopic (exact) mass is 256 g/mol. The molecule has 0 aromatic rings. The van der Waals surface area contributed by atoms with Gasteiger partial charge in [-0.2, -0.15) is 0 Å². The van der Waals surface area contributed by atoms with Crippen molar-refractivity contribution in [3.8, 4) is 0 Å². The molecule has 0 aromatic heterocycles. The van der Waals surface area contributed by atoms with Gasteiger partial charge in [-0.1, -0.05) is 6.08 Å². The Morgan fingerprint density at radius 2 is 2.06 bits per heavy atom. The van der Waals surface area contributed by atoms with Crippen molar-refractivity contribution in [2.75, 3.05) is 6.54 Å². The second kappa shape index (κ2) is 4.47. The molecule has 102 valence electrons. The van der Waals surface area contributed by atoms with Crippen molar-refractivity contribution in [2.45, 2.75) is 56.1 Å². The van der Waals surface area contributed by atoms with Crippen LogP contribution in [-0.4, -0.2) is 45.7 Å². The Morgan fingerprint density at radius 1 is 1.33 bits per heavy atom. The van der Waals surface area contributed by atoms with Crippen LogP contribution < -0.4 is 5.23 Å². The minimum atomic E-state index is -0.760. The molecule has 3 rings (SSSR count). The van der Waals surface area contributed by atoms with E-state index < -0.39 is 10.8 Å². The summed E-state index contributed by atoms with van der Waals surface area (Å²) in [5.41, 5.74) is -0.745. The van der Waals surface area contributed by atoms with E-state index in [1.165, 1.54) is 0 Å². The van der Waals surface area contributed by atoms with Crippen LogP contribution in [0.25, 0.3) is 0 Å². The molecule has 2 fully saturated rings. The average molecular weight is 256 g/mol. The average Bonchev–Trinajstić information content (AvgIpc) is 2.38. The van der Waals surface area contributed by atoms with Crippen LogP contribution in [0.2, 0.25) is 0 Å². The van der Waals surface area contributed by atoms with Crippen molar-refractivity contribution >= 4 is 0 Å². The Labute approximate surface area is 106 Å². The summed E-state index contributed by atoms with van der Waals surface area (Å²) >= 11 is 0. The van der Waals surface area contributed by atoms with E-state index in [9.17, 15) is 15.5 Å². The normalized spacial score (nSPS) is 44.6. The van der Waals surface area contributed by atoms with E-state index >= 15 is 0 Å². The fraction of sp³-hybridized carbons (Fsp3) is 0.833. The number of nitrogens with one attached hydrogen (secondary N) is 1. The number of ether oxygens (including phenoxy) is 1. The van der Waals surface area contributed by atoms with E-state index in [0.29, 0.717) is 13.0 Å². The van der Waals surface area contributed by atoms with Gasteiger partial charge in [0.25, 0.3) is 0 Å². The standard InChI is InChI=1S/C12H20N2O4/c15-9-2-4-10(5-3-9)18-11-12(14(16)17)6-1-7-13(11)8-12/h1,7,9-11,14-16H,2-6,8H2/t9?,10?,11-,12-/m1/s1. The van der Waals surface area contributed by atoms with Gasteiger partial charge in [-0.25, -0.2) is 10.4 Å². The highest BCUT2D eigenvalue weighted by Gasteiger charge is 2.60. The third kappa shape index (κ3) is 1.85. The molecule has 1 aliphatic carbocycles. The second-order valence-electron chi connectivity index (χ2n) is 5.64. The SMILES string of the molecule is [O-][NH+](O)[C@]12CC=CN(C1)[C@@H]2OC1CCC(O)CC1. The Hall–Kier alpha value is -0.660. The molecule has 1 saturated heterocycles. The zero-order valence-electron chi connectivity index (χ0n) is 10.3. The molecule has 3 aliphatic rings. The number of rotatable bonds is 3. The summed E-state index contributed by atoms with van der Waals surface area (Å²) < 4.78 is 5.99. The Kier molecular flexibility index (Phi) is 3.07. The topological polar surface area (TPSA) is 80.4 Å². The molecule has 3 N–H and O–H groups in total. The first-order valence-electron chi connectivity index (χ1n) is 6.61. The predicted octanol–water partition coefficient (Wildman–Crippen LogP) is -0.624. The molecule has 0 spiro atoms. The van der Waals surface area contributed by atoms with Crippen molar-refractivity contribution in [3.63, 3.8) is 0 Å². The molecule has 0 amide bonds. The zero-order chi connectivity index (χ0) is 12.8. The van der Waals surface area contributed by atoms with Gasteiger partial charge in [-0.05, 0) is 31.9 Å². The summed E-state index contributed by atoms with van der Waals surface area (Å²) in [6, 6.07) is 0. The predicted molar refractivity (Wildman–Crippen MR) is 62.4 cm³/mol. The van der Waals surface area contributed by atoms with Crippen LogP contribution in [0.4, 0.5) is 0 Å². The van der Waals surface area contributed by atoms with E-state index in [2.05, 4.69) is 0 Å². The van der Waals surface area contributed by atoms with Gasteiger partial charge in [-0.15, -0.1) is 0 Å². The van der Waals surface area contributed by atoms with Gasteiger partial charge in [0.05, 0.1) is 18.8 Å². The van der Waals surface area contributed by atoms with Gasteiger partial charge in [-0.3, -0.25) is 0 Å². The van der Waals surface area contributed by atoms with E-state index in [1.54, 1.807) is 0 Å². The second-order valence-corrected chi connectivity index (χ2v) is 5.64. The Morgan fingerprint density at radius 3 is 2.67 bits per heavy atom. The minimum absolute atomic E-state index is 0.0893. The van der Waals surface area contributed by atoms with E-state index in [1.807, 2.05) is 17.2 Å². The Balaban J connectivity index is 1.64. The first-order chi connectivity index (χ1) is 8.62. The summed E-state index contributed by atoms with van der Waals surface area (Å²) in [5, 5.41) is 29.5. The van der Waals surface area contributed by atoms with Crippen LogP contribution in [0.3, 0.4) is 0 Å². The molecular weight excluding hydrogens is 236 g/mol. The van der Waals surface area contributed by atoms with Gasteiger partial charge >= 0.3 is 0 Å². The van der Waals surface area contributed by atoms with Crippen LogP contribution in [0.1, 0.15) is 32.1 Å². The maximum atomic E-state index is 11.4. The van der Waals surface area contributed by atoms with Crippen LogP contribution in [0.5, 0.6) is 0 Å². The third-order valence-corrected chi connectivity index (χ3v) is 4.41. The lowest BCUT2D eigenvalue weighted by molar-refractivity contribution is -1.10. The maximum absolute atomic E-state index is 11.4. The molecule has 2 aliphatic heterocycles. The van der Waals surface area contributed by atoms with Crippen LogP contribution >= 0.6 is 0 Å². The summed E-state index contributed by atoms with van der Waals surface area (Å²) in [5.74, 6) is 0. The lowest BCUT2D eigenvalue weighted by Crippen LogP contribution is -3.20. The van der Waals surface area contributed by atoms with Gasteiger partial charge in [0, 0.05) is 6.42 Å². The molecular formula is C12H20N2O4. The molecule has 2 heterocycles. The van der Waals surface area contributed by atoms with Crippen molar-refractivity contribution < 1.29 is 20.3 Å². The van der Waals surface area contributed by atoms with Crippen molar-refractivity contribution in [1.29, 1.82) is 0 Å². The molecule has 1 unspecified atom stereocenters. The number of quaternary nitrogens is 1. The van der Waals surface area contributed by atoms with Gasteiger partial charge in [0.15, 0.2) is 11.8 Å². The largest absolute Gasteiger partial charge is 0.599 e. The minimum Gasteiger partial charge on any atom is -0.599 e. The van der Waals surface area contributed by atoms with Crippen molar-refractivity contribution in [3.05, 3.63) is 17.5 Å². The molecule has 6 nitrogen and oxygen atoms in total. The number of hydrogen-bond acceptors (Lipinski definition) is 5. The molecule has 18 heavy (non-hydrogen) atoms. The van der Waals surface area contributed by atoms with Gasteiger partial charge in [0.1, 0.15) is 0 Å². The summed E-state index contributed by atoms with van der Waals surface area (Å²) in [6.07, 6.45) is 7.12. The first kappa shape index (κ1) is 12.4. The first-order valence-corrected chi connectivity index (χ1v) is 6.61. The fourth-order valence-corrected chi connectivity index (χ4v) is 3.22. The summed E-state index contributed by atoms with van der Waals surface area (Å²) in [6.45, 7) is 0.554. The number of nitrogens with zero attached hydrogens (tertiary/aromatic N) is 1. The highest BCUT2D eigenvalue weighted by atomic mass is 16.8. The quantitative estimate of drug-likeness (QED) is 0.586. The van der Waals surface area contributed by atoms with Gasteiger partial charge in [0.2, 0.25) is 0 Å². The fourth-order valence-electron chi connectivity index (χ4n) is 3.22. The zero-order valence-corrected chi connectivity index (χ0v) is 10.3. The van der Waals surface area contributed by atoms with Crippen molar-refractivity contribution in [2.24, 2.45) is 0 Å². The Bertz CT molecular complexity index is 341. The number of hydroxylamine groups is 2. The number of aliphatic hydroxyl groups excluding tert-OH is 1. The third-order valence-electron chi connectivity index (χ3n) is 4.41. The number of hydrogen-bond donors (Lipinski definition) is 3. The highest BCUT2D eigenvalue weighted by Crippen LogP contribution is 2.37. The number of aliphatic hydroxyl groups is 1.